The van der Waals surface area contributed by atoms with E-state index in [0.29, 0.717) is 11.1 Å². The van der Waals surface area contributed by atoms with Gasteiger partial charge in [-0.25, -0.2) is 0 Å². The summed E-state index contributed by atoms with van der Waals surface area (Å²) in [5.74, 6) is 0. The molecule has 0 fully saturated rings. The molecule has 0 saturated heterocycles. The first kappa shape index (κ1) is 17.6. The molecule has 0 spiro atoms. The minimum atomic E-state index is -1.37. The van der Waals surface area contributed by atoms with Gasteiger partial charge >= 0.3 is 0 Å². The Balaban J connectivity index is 2.23. The monoisotopic (exact) mass is 336 g/mol. The van der Waals surface area contributed by atoms with Gasteiger partial charge in [0.05, 0.1) is 22.0 Å². The SMILES string of the molecule is N#CC(C#N)(Cc1ccc([N+](=O)[O-])cc1)Cc1ccc([N+](=O)[O-])cc1. The van der Waals surface area contributed by atoms with Crippen LogP contribution in [0.1, 0.15) is 11.1 Å². The second kappa shape index (κ2) is 7.20. The second-order valence-electron chi connectivity index (χ2n) is 5.51. The number of nitrogens with zero attached hydrogens (tertiary/aromatic N) is 4. The molecule has 2 aromatic rings. The molecule has 124 valence electrons. The fourth-order valence-electron chi connectivity index (χ4n) is 2.41. The molecule has 8 nitrogen and oxygen atoms in total. The van der Waals surface area contributed by atoms with E-state index in [1.807, 2.05) is 12.1 Å². The molecule has 0 heterocycles. The molecule has 8 heteroatoms. The van der Waals surface area contributed by atoms with E-state index in [1.54, 1.807) is 0 Å². The van der Waals surface area contributed by atoms with Crippen molar-refractivity contribution in [2.24, 2.45) is 5.41 Å². The topological polar surface area (TPSA) is 134 Å². The Hall–Kier alpha value is -3.78. The highest BCUT2D eigenvalue weighted by Gasteiger charge is 2.31. The predicted octanol–water partition coefficient (Wildman–Crippen LogP) is 3.32. The number of nitriles is 2. The van der Waals surface area contributed by atoms with Crippen molar-refractivity contribution >= 4 is 11.4 Å². The number of hydrogen-bond acceptors (Lipinski definition) is 6. The first-order valence-corrected chi connectivity index (χ1v) is 7.18. The van der Waals surface area contributed by atoms with Crippen LogP contribution < -0.4 is 0 Å². The highest BCUT2D eigenvalue weighted by Crippen LogP contribution is 2.28. The lowest BCUT2D eigenvalue weighted by molar-refractivity contribution is -0.385. The van der Waals surface area contributed by atoms with E-state index in [-0.39, 0.29) is 24.2 Å². The summed E-state index contributed by atoms with van der Waals surface area (Å²) in [5, 5.41) is 40.4. The van der Waals surface area contributed by atoms with Crippen LogP contribution in [0.4, 0.5) is 11.4 Å². The lowest BCUT2D eigenvalue weighted by atomic mass is 9.79. The second-order valence-corrected chi connectivity index (χ2v) is 5.51. The minimum Gasteiger partial charge on any atom is -0.258 e. The average molecular weight is 336 g/mol. The molecular formula is C17H12N4O4. The van der Waals surface area contributed by atoms with Crippen molar-refractivity contribution < 1.29 is 9.85 Å². The van der Waals surface area contributed by atoms with Gasteiger partial charge in [0.25, 0.3) is 11.4 Å². The van der Waals surface area contributed by atoms with Gasteiger partial charge in [-0.1, -0.05) is 24.3 Å². The Morgan fingerprint density at radius 2 is 1.08 bits per heavy atom. The van der Waals surface area contributed by atoms with Crippen LogP contribution in [0.5, 0.6) is 0 Å². The van der Waals surface area contributed by atoms with E-state index in [4.69, 9.17) is 0 Å². The molecule has 0 N–H and O–H groups in total. The summed E-state index contributed by atoms with van der Waals surface area (Å²) < 4.78 is 0. The molecule has 0 saturated carbocycles. The number of rotatable bonds is 6. The number of hydrogen-bond donors (Lipinski definition) is 0. The molecule has 0 atom stereocenters. The van der Waals surface area contributed by atoms with Crippen LogP contribution in [-0.2, 0) is 12.8 Å². The van der Waals surface area contributed by atoms with Crippen molar-refractivity contribution in [3.05, 3.63) is 79.9 Å². The Morgan fingerprint density at radius 1 is 0.760 bits per heavy atom. The van der Waals surface area contributed by atoms with Crippen LogP contribution in [0.25, 0.3) is 0 Å². The van der Waals surface area contributed by atoms with Crippen molar-refractivity contribution in [3.63, 3.8) is 0 Å². The van der Waals surface area contributed by atoms with E-state index >= 15 is 0 Å². The van der Waals surface area contributed by atoms with Crippen LogP contribution >= 0.6 is 0 Å². The van der Waals surface area contributed by atoms with E-state index < -0.39 is 15.3 Å². The zero-order chi connectivity index (χ0) is 18.4. The van der Waals surface area contributed by atoms with E-state index in [9.17, 15) is 30.8 Å². The Bertz CT molecular complexity index is 801. The number of benzene rings is 2. The van der Waals surface area contributed by atoms with Gasteiger partial charge in [-0.2, -0.15) is 10.5 Å². The van der Waals surface area contributed by atoms with Gasteiger partial charge in [-0.3, -0.25) is 20.2 Å². The van der Waals surface area contributed by atoms with Crippen LogP contribution in [0.15, 0.2) is 48.5 Å². The number of non-ortho nitro benzene ring substituents is 2. The van der Waals surface area contributed by atoms with Crippen molar-refractivity contribution in [2.75, 3.05) is 0 Å². The van der Waals surface area contributed by atoms with Gasteiger partial charge in [0.1, 0.15) is 0 Å². The fraction of sp³-hybridized carbons (Fsp3) is 0.176. The molecule has 2 rings (SSSR count). The third kappa shape index (κ3) is 4.15. The first-order chi connectivity index (χ1) is 11.9. The molecular weight excluding hydrogens is 324 g/mol. The van der Waals surface area contributed by atoms with E-state index in [2.05, 4.69) is 0 Å². The van der Waals surface area contributed by atoms with E-state index in [1.165, 1.54) is 48.5 Å². The summed E-state index contributed by atoms with van der Waals surface area (Å²) in [5.41, 5.74) is -0.268. The van der Waals surface area contributed by atoms with Crippen LogP contribution in [-0.4, -0.2) is 9.85 Å². The van der Waals surface area contributed by atoms with Gasteiger partial charge in [0, 0.05) is 37.1 Å². The van der Waals surface area contributed by atoms with Gasteiger partial charge < -0.3 is 0 Å². The van der Waals surface area contributed by atoms with Crippen LogP contribution in [0, 0.1) is 48.3 Å². The van der Waals surface area contributed by atoms with Gasteiger partial charge in [-0.15, -0.1) is 0 Å². The Kier molecular flexibility index (Phi) is 5.06. The molecule has 0 amide bonds. The van der Waals surface area contributed by atoms with Gasteiger partial charge in [0.15, 0.2) is 5.41 Å². The molecule has 0 bridgehead atoms. The van der Waals surface area contributed by atoms with Gasteiger partial charge in [0.2, 0.25) is 0 Å². The maximum Gasteiger partial charge on any atom is 0.269 e. The smallest absolute Gasteiger partial charge is 0.258 e. The maximum absolute atomic E-state index is 10.7. The molecule has 0 aliphatic carbocycles. The standard InChI is InChI=1S/C17H12N4O4/c18-11-17(12-19,9-13-1-5-15(6-2-13)20(22)23)10-14-3-7-16(8-4-14)21(24)25/h1-8H,9-10H2. The van der Waals surface area contributed by atoms with Crippen molar-refractivity contribution in [1.29, 1.82) is 10.5 Å². The minimum absolute atomic E-state index is 0.0707. The Morgan fingerprint density at radius 3 is 1.32 bits per heavy atom. The summed E-state index contributed by atoms with van der Waals surface area (Å²) in [7, 11) is 0. The summed E-state index contributed by atoms with van der Waals surface area (Å²) >= 11 is 0. The maximum atomic E-state index is 10.7. The molecule has 0 aliphatic rings. The summed E-state index contributed by atoms with van der Waals surface area (Å²) in [6.07, 6.45) is 0.184. The molecule has 0 unspecified atom stereocenters. The van der Waals surface area contributed by atoms with Crippen molar-refractivity contribution in [2.45, 2.75) is 12.8 Å². The van der Waals surface area contributed by atoms with Crippen molar-refractivity contribution in [3.8, 4) is 12.1 Å². The van der Waals surface area contributed by atoms with Crippen LogP contribution in [0.3, 0.4) is 0 Å². The van der Waals surface area contributed by atoms with Crippen molar-refractivity contribution in [1.82, 2.24) is 0 Å². The van der Waals surface area contributed by atoms with Gasteiger partial charge in [-0.05, 0) is 11.1 Å². The zero-order valence-corrected chi connectivity index (χ0v) is 13.0. The molecule has 0 aromatic heterocycles. The third-order valence-electron chi connectivity index (χ3n) is 3.73. The quantitative estimate of drug-likeness (QED) is 0.586. The summed E-state index contributed by atoms with van der Waals surface area (Å²) in [6, 6.07) is 15.3. The zero-order valence-electron chi connectivity index (χ0n) is 13.0. The van der Waals surface area contributed by atoms with Crippen LogP contribution in [0.2, 0.25) is 0 Å². The predicted molar refractivity (Wildman–Crippen MR) is 87.3 cm³/mol. The highest BCUT2D eigenvalue weighted by atomic mass is 16.6. The lowest BCUT2D eigenvalue weighted by Crippen LogP contribution is -2.22. The Labute approximate surface area is 142 Å². The molecule has 25 heavy (non-hydrogen) atoms. The molecule has 0 radical (unpaired) electrons. The summed E-state index contributed by atoms with van der Waals surface area (Å²) in [4.78, 5) is 20.3. The fourth-order valence-corrected chi connectivity index (χ4v) is 2.41. The van der Waals surface area contributed by atoms with E-state index in [0.717, 1.165) is 0 Å². The first-order valence-electron chi connectivity index (χ1n) is 7.18. The molecule has 0 aliphatic heterocycles. The molecule has 2 aromatic carbocycles. The lowest BCUT2D eigenvalue weighted by Gasteiger charge is -2.18. The largest absolute Gasteiger partial charge is 0.269 e. The third-order valence-corrected chi connectivity index (χ3v) is 3.73. The summed E-state index contributed by atoms with van der Waals surface area (Å²) in [6.45, 7) is 0. The average Bonchev–Trinajstić information content (AvgIpc) is 2.62. The normalized spacial score (nSPS) is 10.5. The number of nitro groups is 2. The number of nitro benzene ring substituents is 2. The highest BCUT2D eigenvalue weighted by molar-refractivity contribution is 5.37.